The summed E-state index contributed by atoms with van der Waals surface area (Å²) >= 11 is 1.58. The zero-order chi connectivity index (χ0) is 16.0. The van der Waals surface area contributed by atoms with E-state index in [1.54, 1.807) is 44.7 Å². The lowest BCUT2D eigenvalue weighted by Gasteiger charge is -2.24. The Labute approximate surface area is 129 Å². The van der Waals surface area contributed by atoms with Crippen LogP contribution in [0.1, 0.15) is 38.8 Å². The van der Waals surface area contributed by atoms with Crippen LogP contribution in [0.4, 0.5) is 4.79 Å². The van der Waals surface area contributed by atoms with Gasteiger partial charge in [0.1, 0.15) is 5.60 Å². The Morgan fingerprint density at radius 2 is 1.86 bits per heavy atom. The molecule has 0 spiro atoms. The number of carbonyl (C=O) groups is 2. The maximum Gasteiger partial charge on any atom is 0.408 e. The van der Waals surface area contributed by atoms with Gasteiger partial charge in [0.05, 0.1) is 6.04 Å². The van der Waals surface area contributed by atoms with Crippen molar-refractivity contribution in [3.8, 4) is 0 Å². The monoisotopic (exact) mass is 310 g/mol. The number of hydrogen-bond acceptors (Lipinski definition) is 5. The van der Waals surface area contributed by atoms with Crippen molar-refractivity contribution in [1.29, 1.82) is 0 Å². The highest BCUT2D eigenvalue weighted by Gasteiger charge is 2.20. The summed E-state index contributed by atoms with van der Waals surface area (Å²) in [7, 11) is 0. The molecule has 21 heavy (non-hydrogen) atoms. The molecule has 5 nitrogen and oxygen atoms in total. The van der Waals surface area contributed by atoms with Gasteiger partial charge in [0, 0.05) is 17.3 Å². The summed E-state index contributed by atoms with van der Waals surface area (Å²) in [4.78, 5) is 23.7. The standard InChI is InChI=1S/C15H21NO4S/c1-15(2,3)20-14(19)16-12(9-13(17)18)10-5-7-11(21-4)8-6-10/h5-8,12H,9H2,1-4H3,(H,16,19)(H,17,18)/p-1/t12-/m1/s1. The van der Waals surface area contributed by atoms with E-state index in [0.29, 0.717) is 5.56 Å². The van der Waals surface area contributed by atoms with Crippen LogP contribution in [0.25, 0.3) is 0 Å². The zero-order valence-electron chi connectivity index (χ0n) is 12.6. The fraction of sp³-hybridized carbons (Fsp3) is 0.467. The van der Waals surface area contributed by atoms with Gasteiger partial charge in [-0.3, -0.25) is 0 Å². The molecular weight excluding hydrogens is 290 g/mol. The smallest absolute Gasteiger partial charge is 0.408 e. The van der Waals surface area contributed by atoms with Crippen LogP contribution in [0, 0.1) is 0 Å². The maximum atomic E-state index is 11.8. The van der Waals surface area contributed by atoms with E-state index in [0.717, 1.165) is 4.90 Å². The molecular formula is C15H20NO4S-. The second-order valence-corrected chi connectivity index (χ2v) is 6.43. The van der Waals surface area contributed by atoms with E-state index < -0.39 is 23.7 Å². The third kappa shape index (κ3) is 6.53. The van der Waals surface area contributed by atoms with Crippen LogP contribution in [-0.2, 0) is 9.53 Å². The molecule has 0 aliphatic rings. The van der Waals surface area contributed by atoms with E-state index in [1.807, 2.05) is 18.4 Å². The Hall–Kier alpha value is -1.69. The summed E-state index contributed by atoms with van der Waals surface area (Å²) in [5.74, 6) is -1.23. The fourth-order valence-electron chi connectivity index (χ4n) is 1.70. The number of nitrogens with one attached hydrogen (secondary N) is 1. The Morgan fingerprint density at radius 3 is 2.29 bits per heavy atom. The van der Waals surface area contributed by atoms with Crippen LogP contribution in [0.15, 0.2) is 29.2 Å². The molecule has 1 aromatic carbocycles. The van der Waals surface area contributed by atoms with E-state index in [2.05, 4.69) is 5.32 Å². The molecule has 116 valence electrons. The van der Waals surface area contributed by atoms with Gasteiger partial charge in [0.2, 0.25) is 0 Å². The third-order valence-corrected chi connectivity index (χ3v) is 3.32. The lowest BCUT2D eigenvalue weighted by Crippen LogP contribution is -2.37. The Balaban J connectivity index is 2.84. The summed E-state index contributed by atoms with van der Waals surface area (Å²) in [5.41, 5.74) is 0.0570. The SMILES string of the molecule is CSc1ccc([C@@H](CC(=O)[O-])NC(=O)OC(C)(C)C)cc1. The lowest BCUT2D eigenvalue weighted by molar-refractivity contribution is -0.306. The molecule has 0 unspecified atom stereocenters. The summed E-state index contributed by atoms with van der Waals surface area (Å²) in [6.07, 6.45) is 0.993. The maximum absolute atomic E-state index is 11.8. The van der Waals surface area contributed by atoms with Crippen molar-refractivity contribution >= 4 is 23.8 Å². The second-order valence-electron chi connectivity index (χ2n) is 5.55. The van der Waals surface area contributed by atoms with Gasteiger partial charge < -0.3 is 20.0 Å². The quantitative estimate of drug-likeness (QED) is 0.843. The molecule has 0 heterocycles. The molecule has 0 saturated heterocycles. The molecule has 1 atom stereocenters. The van der Waals surface area contributed by atoms with Gasteiger partial charge in [-0.25, -0.2) is 4.79 Å². The van der Waals surface area contributed by atoms with Gasteiger partial charge in [-0.2, -0.15) is 0 Å². The van der Waals surface area contributed by atoms with Gasteiger partial charge in [-0.05, 0) is 44.7 Å². The highest BCUT2D eigenvalue weighted by molar-refractivity contribution is 7.98. The molecule has 0 bridgehead atoms. The van der Waals surface area contributed by atoms with Crippen molar-refractivity contribution in [1.82, 2.24) is 5.32 Å². The predicted molar refractivity (Wildman–Crippen MR) is 80.0 cm³/mol. The summed E-state index contributed by atoms with van der Waals surface area (Å²) in [6, 6.07) is 6.65. The molecule has 1 amide bonds. The number of thioether (sulfide) groups is 1. The highest BCUT2D eigenvalue weighted by Crippen LogP contribution is 2.21. The summed E-state index contributed by atoms with van der Waals surface area (Å²) in [6.45, 7) is 5.23. The van der Waals surface area contributed by atoms with Crippen molar-refractivity contribution in [3.63, 3.8) is 0 Å². The second kappa shape index (κ2) is 7.36. The van der Waals surface area contributed by atoms with Crippen molar-refractivity contribution < 1.29 is 19.4 Å². The molecule has 1 rings (SSSR count). The number of amides is 1. The van der Waals surface area contributed by atoms with Crippen molar-refractivity contribution in [2.24, 2.45) is 0 Å². The summed E-state index contributed by atoms with van der Waals surface area (Å²) < 4.78 is 5.15. The summed E-state index contributed by atoms with van der Waals surface area (Å²) in [5, 5.41) is 13.4. The molecule has 1 N–H and O–H groups in total. The van der Waals surface area contributed by atoms with E-state index >= 15 is 0 Å². The van der Waals surface area contributed by atoms with Gasteiger partial charge >= 0.3 is 6.09 Å². The van der Waals surface area contributed by atoms with E-state index in [4.69, 9.17) is 4.74 Å². The van der Waals surface area contributed by atoms with Gasteiger partial charge in [0.15, 0.2) is 0 Å². The molecule has 1 aromatic rings. The number of carboxylic acids is 1. The van der Waals surface area contributed by atoms with Crippen LogP contribution >= 0.6 is 11.8 Å². The van der Waals surface area contributed by atoms with Crippen molar-refractivity contribution in [2.45, 2.75) is 43.7 Å². The molecule has 0 radical (unpaired) electrons. The van der Waals surface area contributed by atoms with E-state index in [1.165, 1.54) is 0 Å². The van der Waals surface area contributed by atoms with Gasteiger partial charge in [0.25, 0.3) is 0 Å². The lowest BCUT2D eigenvalue weighted by atomic mass is 10.0. The molecule has 0 aliphatic heterocycles. The predicted octanol–water partition coefficient (Wildman–Crippen LogP) is 2.11. The topological polar surface area (TPSA) is 78.5 Å². The highest BCUT2D eigenvalue weighted by atomic mass is 32.2. The number of rotatable bonds is 5. The minimum Gasteiger partial charge on any atom is -0.550 e. The minimum absolute atomic E-state index is 0.308. The number of hydrogen-bond donors (Lipinski definition) is 1. The van der Waals surface area contributed by atoms with Crippen LogP contribution in [0.5, 0.6) is 0 Å². The van der Waals surface area contributed by atoms with E-state index in [9.17, 15) is 14.7 Å². The zero-order valence-corrected chi connectivity index (χ0v) is 13.5. The molecule has 0 saturated carbocycles. The first-order chi connectivity index (χ1) is 9.71. The number of benzene rings is 1. The van der Waals surface area contributed by atoms with Gasteiger partial charge in [-0.1, -0.05) is 12.1 Å². The third-order valence-electron chi connectivity index (χ3n) is 2.58. The number of carbonyl (C=O) groups excluding carboxylic acids is 2. The largest absolute Gasteiger partial charge is 0.550 e. The van der Waals surface area contributed by atoms with Crippen molar-refractivity contribution in [2.75, 3.05) is 6.26 Å². The average molecular weight is 310 g/mol. The Bertz CT molecular complexity index is 493. The fourth-order valence-corrected chi connectivity index (χ4v) is 2.11. The Kier molecular flexibility index (Phi) is 6.08. The van der Waals surface area contributed by atoms with Crippen molar-refractivity contribution in [3.05, 3.63) is 29.8 Å². The normalized spacial score (nSPS) is 12.6. The van der Waals surface area contributed by atoms with Crippen LogP contribution in [0.2, 0.25) is 0 Å². The molecule has 0 fully saturated rings. The first kappa shape index (κ1) is 17.4. The van der Waals surface area contributed by atoms with Crippen LogP contribution in [-0.4, -0.2) is 23.9 Å². The number of carboxylic acid groups (broad SMARTS) is 1. The molecule has 0 aromatic heterocycles. The number of ether oxygens (including phenoxy) is 1. The van der Waals surface area contributed by atoms with E-state index in [-0.39, 0.29) is 6.42 Å². The molecule has 0 aliphatic carbocycles. The molecule has 6 heteroatoms. The Morgan fingerprint density at radius 1 is 1.29 bits per heavy atom. The first-order valence-electron chi connectivity index (χ1n) is 6.54. The number of aliphatic carboxylic acids is 1. The van der Waals surface area contributed by atoms with Crippen LogP contribution < -0.4 is 10.4 Å². The number of alkyl carbamates (subject to hydrolysis) is 1. The van der Waals surface area contributed by atoms with Gasteiger partial charge in [-0.15, -0.1) is 11.8 Å². The first-order valence-corrected chi connectivity index (χ1v) is 7.77. The minimum atomic E-state index is -1.23. The van der Waals surface area contributed by atoms with Crippen LogP contribution in [0.3, 0.4) is 0 Å². The average Bonchev–Trinajstić information content (AvgIpc) is 2.35.